The van der Waals surface area contributed by atoms with Gasteiger partial charge in [0.1, 0.15) is 5.75 Å². The topological polar surface area (TPSA) is 127 Å². The van der Waals surface area contributed by atoms with E-state index in [0.717, 1.165) is 4.90 Å². The molecule has 0 aliphatic carbocycles. The Morgan fingerprint density at radius 1 is 0.925 bits per heavy atom. The van der Waals surface area contributed by atoms with Crippen LogP contribution >= 0.6 is 63.7 Å². The number of nitrogens with zero attached hydrogens (tertiary/aromatic N) is 3. The van der Waals surface area contributed by atoms with E-state index in [1.807, 2.05) is 0 Å². The maximum atomic E-state index is 13.3. The fourth-order valence-electron chi connectivity index (χ4n) is 4.58. The molecule has 10 nitrogen and oxygen atoms in total. The molecule has 1 saturated heterocycles. The number of imide groups is 1. The van der Waals surface area contributed by atoms with Gasteiger partial charge in [-0.15, -0.1) is 0 Å². The molecular formula is C26H15Br4N3O7. The Kier molecular flexibility index (Phi) is 7.72. The van der Waals surface area contributed by atoms with Crippen LogP contribution in [0, 0.1) is 23.0 Å². The van der Waals surface area contributed by atoms with Crippen molar-refractivity contribution in [1.82, 2.24) is 0 Å². The zero-order valence-electron chi connectivity index (χ0n) is 20.2. The number of carbonyl (C=O) groups is 4. The van der Waals surface area contributed by atoms with Gasteiger partial charge in [0.2, 0.25) is 5.91 Å². The van der Waals surface area contributed by atoms with Gasteiger partial charge < -0.3 is 9.64 Å². The van der Waals surface area contributed by atoms with Crippen LogP contribution in [0.2, 0.25) is 0 Å². The average Bonchev–Trinajstić information content (AvgIpc) is 3.43. The number of hydrogen-bond acceptors (Lipinski definition) is 7. The first-order valence-corrected chi connectivity index (χ1v) is 14.7. The van der Waals surface area contributed by atoms with E-state index in [1.165, 1.54) is 47.4 Å². The van der Waals surface area contributed by atoms with Crippen molar-refractivity contribution in [2.24, 2.45) is 5.92 Å². The molecule has 0 saturated carbocycles. The van der Waals surface area contributed by atoms with Crippen LogP contribution in [0.15, 0.2) is 60.4 Å². The molecule has 14 heteroatoms. The molecule has 204 valence electrons. The molecule has 2 aliphatic rings. The zero-order valence-corrected chi connectivity index (χ0v) is 26.6. The minimum absolute atomic E-state index is 0.0659. The van der Waals surface area contributed by atoms with Crippen LogP contribution in [0.4, 0.5) is 17.1 Å². The number of anilines is 2. The van der Waals surface area contributed by atoms with E-state index in [-0.39, 0.29) is 41.4 Å². The lowest BCUT2D eigenvalue weighted by molar-refractivity contribution is -0.384. The first-order valence-electron chi connectivity index (χ1n) is 11.5. The Hall–Kier alpha value is -2.94. The molecule has 1 fully saturated rings. The highest BCUT2D eigenvalue weighted by Gasteiger charge is 2.42. The van der Waals surface area contributed by atoms with Crippen molar-refractivity contribution in [3.63, 3.8) is 0 Å². The highest BCUT2D eigenvalue weighted by molar-refractivity contribution is 9.15. The van der Waals surface area contributed by atoms with E-state index < -0.39 is 28.6 Å². The highest BCUT2D eigenvalue weighted by Crippen LogP contribution is 2.46. The number of rotatable bonds is 5. The van der Waals surface area contributed by atoms with Crippen LogP contribution in [0.1, 0.15) is 32.7 Å². The maximum absolute atomic E-state index is 13.3. The summed E-state index contributed by atoms with van der Waals surface area (Å²) in [5.41, 5.74) is 1.62. The lowest BCUT2D eigenvalue weighted by atomic mass is 10.1. The van der Waals surface area contributed by atoms with Crippen molar-refractivity contribution >= 4 is 104 Å². The van der Waals surface area contributed by atoms with Gasteiger partial charge in [0, 0.05) is 48.7 Å². The summed E-state index contributed by atoms with van der Waals surface area (Å²) in [6.07, 6.45) is -0.0726. The molecule has 0 bridgehead atoms. The number of amides is 3. The quantitative estimate of drug-likeness (QED) is 0.0534. The molecular weight excluding hydrogens is 786 g/mol. The van der Waals surface area contributed by atoms with Gasteiger partial charge >= 0.3 is 5.97 Å². The first-order chi connectivity index (χ1) is 18.9. The van der Waals surface area contributed by atoms with Gasteiger partial charge in [0.25, 0.3) is 17.5 Å². The molecule has 3 aromatic rings. The summed E-state index contributed by atoms with van der Waals surface area (Å²) in [6.45, 7) is 1.75. The molecule has 2 aliphatic heterocycles. The second-order valence-corrected chi connectivity index (χ2v) is 12.2. The number of esters is 1. The number of non-ortho nitro benzene ring substituents is 1. The van der Waals surface area contributed by atoms with E-state index in [9.17, 15) is 29.3 Å². The van der Waals surface area contributed by atoms with Gasteiger partial charge in [0.15, 0.2) is 0 Å². The number of nitro benzene ring substituents is 1. The molecule has 2 heterocycles. The van der Waals surface area contributed by atoms with Crippen molar-refractivity contribution in [3.05, 3.63) is 87.2 Å². The van der Waals surface area contributed by atoms with Gasteiger partial charge in [-0.2, -0.15) is 0 Å². The smallest absolute Gasteiger partial charge is 0.316 e. The van der Waals surface area contributed by atoms with E-state index >= 15 is 0 Å². The predicted octanol–water partition coefficient (Wildman–Crippen LogP) is 6.71. The fourth-order valence-corrected chi connectivity index (χ4v) is 7.04. The minimum Gasteiger partial charge on any atom is -0.426 e. The number of halogens is 4. The normalized spacial score (nSPS) is 16.5. The van der Waals surface area contributed by atoms with Crippen LogP contribution in [0.25, 0.3) is 0 Å². The molecule has 0 radical (unpaired) electrons. The van der Waals surface area contributed by atoms with Crippen LogP contribution in [0.5, 0.6) is 5.75 Å². The summed E-state index contributed by atoms with van der Waals surface area (Å²) in [4.78, 5) is 64.9. The third-order valence-electron chi connectivity index (χ3n) is 6.56. The highest BCUT2D eigenvalue weighted by atomic mass is 79.9. The van der Waals surface area contributed by atoms with Crippen LogP contribution in [-0.4, -0.2) is 35.2 Å². The number of carbonyl (C=O) groups excluding carboxylic acids is 4. The lowest BCUT2D eigenvalue weighted by Gasteiger charge is -2.18. The summed E-state index contributed by atoms with van der Waals surface area (Å²) >= 11 is 13.6. The third-order valence-corrected chi connectivity index (χ3v) is 11.3. The zero-order chi connectivity index (χ0) is 29.0. The molecule has 3 aromatic carbocycles. The summed E-state index contributed by atoms with van der Waals surface area (Å²) in [5.74, 6) is -2.49. The Morgan fingerprint density at radius 3 is 2.02 bits per heavy atom. The molecule has 0 N–H and O–H groups in total. The van der Waals surface area contributed by atoms with Crippen molar-refractivity contribution in [3.8, 4) is 5.75 Å². The molecule has 40 heavy (non-hydrogen) atoms. The Morgan fingerprint density at radius 2 is 1.50 bits per heavy atom. The molecule has 0 unspecified atom stereocenters. The molecule has 0 spiro atoms. The Labute approximate surface area is 260 Å². The van der Waals surface area contributed by atoms with Gasteiger partial charge in [0.05, 0.1) is 27.7 Å². The summed E-state index contributed by atoms with van der Waals surface area (Å²) < 4.78 is 7.59. The third kappa shape index (κ3) is 4.80. The maximum Gasteiger partial charge on any atom is 0.316 e. The standard InChI is InChI=1S/C26H15Br4N3O7/c1-11-8-15(40-26(37)12-9-17(34)31(10-12)13-2-4-14(5-3-13)33(38)39)6-7-16(11)32-24(35)18-19(25(32)36)21(28)23(30)22(29)20(18)27/h2-8,12H,9-10H2,1H3/t12-/m0/s1. The van der Waals surface area contributed by atoms with Crippen LogP contribution in [0.3, 0.4) is 0 Å². The summed E-state index contributed by atoms with van der Waals surface area (Å²) in [6, 6.07) is 10.0. The predicted molar refractivity (Wildman–Crippen MR) is 159 cm³/mol. The Balaban J connectivity index is 1.32. The number of hydrogen-bond donors (Lipinski definition) is 0. The largest absolute Gasteiger partial charge is 0.426 e. The number of fused-ring (bicyclic) bond motifs is 1. The van der Waals surface area contributed by atoms with E-state index in [1.54, 1.807) is 6.92 Å². The van der Waals surface area contributed by atoms with Gasteiger partial charge in [-0.1, -0.05) is 0 Å². The number of benzene rings is 3. The van der Waals surface area contributed by atoms with E-state index in [2.05, 4.69) is 63.7 Å². The van der Waals surface area contributed by atoms with Gasteiger partial charge in [-0.3, -0.25) is 29.3 Å². The van der Waals surface area contributed by atoms with Crippen LogP contribution < -0.4 is 14.5 Å². The molecule has 3 amide bonds. The SMILES string of the molecule is Cc1cc(OC(=O)[C@H]2CC(=O)N(c3ccc([N+](=O)[O-])cc3)C2)ccc1N1C(=O)c2c(Br)c(Br)c(Br)c(Br)c2C1=O. The molecule has 0 aromatic heterocycles. The van der Waals surface area contributed by atoms with Crippen LogP contribution in [-0.2, 0) is 9.59 Å². The summed E-state index contributed by atoms with van der Waals surface area (Å²) in [5, 5.41) is 10.9. The minimum atomic E-state index is -0.745. The average molecular weight is 801 g/mol. The lowest BCUT2D eigenvalue weighted by Crippen LogP contribution is -2.30. The van der Waals surface area contributed by atoms with Gasteiger partial charge in [-0.05, 0) is 107 Å². The Bertz CT molecular complexity index is 1610. The van der Waals surface area contributed by atoms with E-state index in [4.69, 9.17) is 4.74 Å². The number of nitro groups is 1. The van der Waals surface area contributed by atoms with Crippen molar-refractivity contribution in [2.45, 2.75) is 13.3 Å². The number of aryl methyl sites for hydroxylation is 1. The van der Waals surface area contributed by atoms with Gasteiger partial charge in [-0.25, -0.2) is 4.90 Å². The fraction of sp³-hybridized carbons (Fsp3) is 0.154. The first kappa shape index (κ1) is 28.6. The summed E-state index contributed by atoms with van der Waals surface area (Å²) in [7, 11) is 0. The van der Waals surface area contributed by atoms with Crippen molar-refractivity contribution in [2.75, 3.05) is 16.3 Å². The second kappa shape index (κ2) is 10.8. The van der Waals surface area contributed by atoms with Crippen molar-refractivity contribution in [1.29, 1.82) is 0 Å². The van der Waals surface area contributed by atoms with Crippen molar-refractivity contribution < 1.29 is 28.8 Å². The second-order valence-electron chi connectivity index (χ2n) is 9.00. The number of ether oxygens (including phenoxy) is 1. The molecule has 1 atom stereocenters. The molecule has 5 rings (SSSR count). The monoisotopic (exact) mass is 797 g/mol. The van der Waals surface area contributed by atoms with E-state index in [0.29, 0.717) is 34.8 Å².